The summed E-state index contributed by atoms with van der Waals surface area (Å²) in [7, 11) is 1.99. The van der Waals surface area contributed by atoms with Gasteiger partial charge in [0, 0.05) is 22.2 Å². The SMILES string of the molecule is CCOc1ccc(C[NH+](C)CC(=O)NCc2ccc(Cl)cc2Cl)cc1. The second kappa shape index (κ2) is 9.66. The Bertz CT molecular complexity index is 705. The molecule has 2 N–H and O–H groups in total. The van der Waals surface area contributed by atoms with Gasteiger partial charge >= 0.3 is 0 Å². The number of nitrogens with one attached hydrogen (secondary N) is 2. The molecule has 0 radical (unpaired) electrons. The molecule has 25 heavy (non-hydrogen) atoms. The Morgan fingerprint density at radius 2 is 1.88 bits per heavy atom. The first-order valence-electron chi connectivity index (χ1n) is 8.21. The van der Waals surface area contributed by atoms with E-state index < -0.39 is 0 Å². The largest absolute Gasteiger partial charge is 0.494 e. The predicted octanol–water partition coefficient (Wildman–Crippen LogP) is 2.72. The van der Waals surface area contributed by atoms with Crippen molar-refractivity contribution in [1.82, 2.24) is 5.32 Å². The zero-order valence-corrected chi connectivity index (χ0v) is 16.0. The first-order chi connectivity index (χ1) is 12.0. The van der Waals surface area contributed by atoms with Crippen molar-refractivity contribution in [2.75, 3.05) is 20.2 Å². The highest BCUT2D eigenvalue weighted by Gasteiger charge is 2.11. The summed E-state index contributed by atoms with van der Waals surface area (Å²) in [5, 5.41) is 4.04. The van der Waals surface area contributed by atoms with Gasteiger partial charge in [0.05, 0.1) is 13.7 Å². The topological polar surface area (TPSA) is 42.8 Å². The first kappa shape index (κ1) is 19.6. The highest BCUT2D eigenvalue weighted by atomic mass is 35.5. The van der Waals surface area contributed by atoms with E-state index in [1.54, 1.807) is 12.1 Å². The van der Waals surface area contributed by atoms with Crippen molar-refractivity contribution in [3.05, 3.63) is 63.6 Å². The molecule has 1 unspecified atom stereocenters. The number of hydrogen-bond donors (Lipinski definition) is 2. The number of carbonyl (C=O) groups is 1. The van der Waals surface area contributed by atoms with Crippen LogP contribution in [0.25, 0.3) is 0 Å². The number of benzene rings is 2. The summed E-state index contributed by atoms with van der Waals surface area (Å²) in [6, 6.07) is 13.2. The summed E-state index contributed by atoms with van der Waals surface area (Å²) in [4.78, 5) is 13.2. The minimum Gasteiger partial charge on any atom is -0.494 e. The minimum atomic E-state index is -0.0190. The zero-order chi connectivity index (χ0) is 18.2. The molecular formula is C19H23Cl2N2O2+. The summed E-state index contributed by atoms with van der Waals surface area (Å²) in [5.41, 5.74) is 2.01. The summed E-state index contributed by atoms with van der Waals surface area (Å²) in [6.07, 6.45) is 0. The van der Waals surface area contributed by atoms with Crippen molar-refractivity contribution in [2.24, 2.45) is 0 Å². The minimum absolute atomic E-state index is 0.0190. The second-order valence-electron chi connectivity index (χ2n) is 5.90. The van der Waals surface area contributed by atoms with E-state index in [1.165, 1.54) is 0 Å². The van der Waals surface area contributed by atoms with Gasteiger partial charge in [-0.15, -0.1) is 0 Å². The maximum absolute atomic E-state index is 12.1. The van der Waals surface area contributed by atoms with Crippen LogP contribution in [0, 0.1) is 0 Å². The van der Waals surface area contributed by atoms with Gasteiger partial charge in [0.25, 0.3) is 5.91 Å². The third kappa shape index (κ3) is 6.58. The van der Waals surface area contributed by atoms with Crippen LogP contribution in [0.1, 0.15) is 18.1 Å². The smallest absolute Gasteiger partial charge is 0.275 e. The van der Waals surface area contributed by atoms with Crippen molar-refractivity contribution in [3.8, 4) is 5.75 Å². The molecule has 1 atom stereocenters. The van der Waals surface area contributed by atoms with Crippen molar-refractivity contribution < 1.29 is 14.4 Å². The molecule has 0 heterocycles. The van der Waals surface area contributed by atoms with Crippen LogP contribution >= 0.6 is 23.2 Å². The van der Waals surface area contributed by atoms with Crippen LogP contribution in [-0.2, 0) is 17.9 Å². The number of carbonyl (C=O) groups excluding carboxylic acids is 1. The van der Waals surface area contributed by atoms with E-state index >= 15 is 0 Å². The van der Waals surface area contributed by atoms with Gasteiger partial charge in [-0.05, 0) is 48.9 Å². The Morgan fingerprint density at radius 1 is 1.16 bits per heavy atom. The summed E-state index contributed by atoms with van der Waals surface area (Å²) in [5.74, 6) is 0.843. The zero-order valence-electron chi connectivity index (χ0n) is 14.4. The van der Waals surface area contributed by atoms with E-state index in [1.807, 2.05) is 44.3 Å². The van der Waals surface area contributed by atoms with Gasteiger partial charge in [-0.1, -0.05) is 29.3 Å². The standard InChI is InChI=1S/C19H22Cl2N2O2/c1-3-25-17-8-4-14(5-9-17)12-23(2)13-19(24)22-11-15-6-7-16(20)10-18(15)21/h4-10H,3,11-13H2,1-2H3,(H,22,24)/p+1. The molecule has 2 rings (SSSR count). The lowest BCUT2D eigenvalue weighted by Gasteiger charge is -2.14. The Labute approximate surface area is 158 Å². The van der Waals surface area contributed by atoms with Crippen molar-refractivity contribution >= 4 is 29.1 Å². The number of hydrogen-bond acceptors (Lipinski definition) is 2. The molecular weight excluding hydrogens is 359 g/mol. The van der Waals surface area contributed by atoms with Gasteiger partial charge < -0.3 is 15.0 Å². The van der Waals surface area contributed by atoms with E-state index in [0.29, 0.717) is 29.7 Å². The lowest BCUT2D eigenvalue weighted by molar-refractivity contribution is -0.885. The molecule has 4 nitrogen and oxygen atoms in total. The van der Waals surface area contributed by atoms with Gasteiger partial charge in [0.1, 0.15) is 12.3 Å². The quantitative estimate of drug-likeness (QED) is 0.738. The van der Waals surface area contributed by atoms with Crippen molar-refractivity contribution in [3.63, 3.8) is 0 Å². The average molecular weight is 382 g/mol. The van der Waals surface area contributed by atoms with E-state index in [2.05, 4.69) is 5.32 Å². The number of quaternary nitrogens is 1. The lowest BCUT2D eigenvalue weighted by atomic mass is 10.2. The highest BCUT2D eigenvalue weighted by Crippen LogP contribution is 2.20. The summed E-state index contributed by atoms with van der Waals surface area (Å²) < 4.78 is 5.43. The fourth-order valence-electron chi connectivity index (χ4n) is 2.48. The predicted molar refractivity (Wildman–Crippen MR) is 101 cm³/mol. The Hall–Kier alpha value is -1.75. The Balaban J connectivity index is 1.79. The summed E-state index contributed by atoms with van der Waals surface area (Å²) >= 11 is 12.0. The molecule has 0 aliphatic carbocycles. The molecule has 0 saturated heterocycles. The number of amides is 1. The van der Waals surface area contributed by atoms with Gasteiger partial charge in [-0.2, -0.15) is 0 Å². The normalized spacial score (nSPS) is 11.8. The molecule has 0 aliphatic heterocycles. The third-order valence-corrected chi connectivity index (χ3v) is 4.28. The molecule has 0 spiro atoms. The average Bonchev–Trinajstić information content (AvgIpc) is 2.56. The van der Waals surface area contributed by atoms with Gasteiger partial charge in [0.15, 0.2) is 6.54 Å². The van der Waals surface area contributed by atoms with Crippen molar-refractivity contribution in [1.29, 1.82) is 0 Å². The number of rotatable bonds is 8. The van der Waals surface area contributed by atoms with E-state index in [4.69, 9.17) is 27.9 Å². The lowest BCUT2D eigenvalue weighted by Crippen LogP contribution is -3.08. The van der Waals surface area contributed by atoms with Crippen LogP contribution in [0.3, 0.4) is 0 Å². The van der Waals surface area contributed by atoms with E-state index in [9.17, 15) is 4.79 Å². The molecule has 2 aromatic carbocycles. The number of likely N-dealkylation sites (N-methyl/N-ethyl adjacent to an activating group) is 1. The highest BCUT2D eigenvalue weighted by molar-refractivity contribution is 6.35. The molecule has 0 saturated carbocycles. The number of halogens is 2. The molecule has 0 aromatic heterocycles. The molecule has 6 heteroatoms. The fraction of sp³-hybridized carbons (Fsp3) is 0.316. The molecule has 0 aliphatic rings. The van der Waals surface area contributed by atoms with Crippen LogP contribution < -0.4 is 15.0 Å². The van der Waals surface area contributed by atoms with Crippen molar-refractivity contribution in [2.45, 2.75) is 20.0 Å². The van der Waals surface area contributed by atoms with E-state index in [0.717, 1.165) is 28.3 Å². The molecule has 2 aromatic rings. The van der Waals surface area contributed by atoms with Crippen LogP contribution in [0.2, 0.25) is 10.0 Å². The fourth-order valence-corrected chi connectivity index (χ4v) is 2.95. The van der Waals surface area contributed by atoms with Crippen LogP contribution in [0.4, 0.5) is 0 Å². The molecule has 1 amide bonds. The van der Waals surface area contributed by atoms with Gasteiger partial charge in [0.2, 0.25) is 0 Å². The molecule has 0 fully saturated rings. The Morgan fingerprint density at radius 3 is 2.52 bits per heavy atom. The number of ether oxygens (including phenoxy) is 1. The van der Waals surface area contributed by atoms with Crippen LogP contribution in [0.5, 0.6) is 5.75 Å². The van der Waals surface area contributed by atoms with Crippen LogP contribution in [-0.4, -0.2) is 26.1 Å². The summed E-state index contributed by atoms with van der Waals surface area (Å²) in [6.45, 7) is 4.16. The third-order valence-electron chi connectivity index (χ3n) is 3.69. The van der Waals surface area contributed by atoms with Crippen LogP contribution in [0.15, 0.2) is 42.5 Å². The van der Waals surface area contributed by atoms with Gasteiger partial charge in [-0.25, -0.2) is 0 Å². The molecule has 0 bridgehead atoms. The van der Waals surface area contributed by atoms with Gasteiger partial charge in [-0.3, -0.25) is 4.79 Å². The Kier molecular flexibility index (Phi) is 7.56. The monoisotopic (exact) mass is 381 g/mol. The maximum atomic E-state index is 12.1. The first-order valence-corrected chi connectivity index (χ1v) is 8.97. The van der Waals surface area contributed by atoms with E-state index in [-0.39, 0.29) is 5.91 Å². The molecule has 134 valence electrons. The maximum Gasteiger partial charge on any atom is 0.275 e. The second-order valence-corrected chi connectivity index (χ2v) is 6.74.